The lowest BCUT2D eigenvalue weighted by atomic mass is 10.1. The number of hydrogen-bond acceptors (Lipinski definition) is 2. The van der Waals surface area contributed by atoms with Gasteiger partial charge in [0.2, 0.25) is 0 Å². The molecule has 0 spiro atoms. The average Bonchev–Trinajstić information content (AvgIpc) is 2.39. The fourth-order valence-electron chi connectivity index (χ4n) is 1.83. The highest BCUT2D eigenvalue weighted by atomic mass is 16.5. The van der Waals surface area contributed by atoms with Crippen molar-refractivity contribution in [3.8, 4) is 0 Å². The molecule has 1 aliphatic rings. The number of guanidine groups is 1. The largest absolute Gasteiger partial charge is 0.370 e. The fraction of sp³-hybridized carbons (Fsp3) is 0.917. The Bertz CT molecular complexity index is 266. The summed E-state index contributed by atoms with van der Waals surface area (Å²) in [5, 5.41) is 3.14. The van der Waals surface area contributed by atoms with E-state index in [4.69, 9.17) is 10.5 Å². The first-order valence-electron chi connectivity index (χ1n) is 5.94. The van der Waals surface area contributed by atoms with Crippen molar-refractivity contribution in [2.24, 2.45) is 10.7 Å². The van der Waals surface area contributed by atoms with Crippen LogP contribution < -0.4 is 11.1 Å². The predicted octanol–water partition coefficient (Wildman–Crippen LogP) is 1.65. The van der Waals surface area contributed by atoms with Crippen molar-refractivity contribution in [1.29, 1.82) is 0 Å². The maximum Gasteiger partial charge on any atom is 0.189 e. The van der Waals surface area contributed by atoms with E-state index in [0.717, 1.165) is 12.8 Å². The number of ether oxygens (including phenoxy) is 1. The minimum absolute atomic E-state index is 0.00635. The van der Waals surface area contributed by atoms with Gasteiger partial charge in [0.05, 0.1) is 18.2 Å². The maximum atomic E-state index is 5.84. The van der Waals surface area contributed by atoms with Crippen molar-refractivity contribution in [2.75, 3.05) is 6.54 Å². The van der Waals surface area contributed by atoms with Crippen LogP contribution in [0.15, 0.2) is 4.99 Å². The number of hydrogen-bond donors (Lipinski definition) is 2. The van der Waals surface area contributed by atoms with Gasteiger partial charge in [0.1, 0.15) is 0 Å². The molecule has 1 atom stereocenters. The quantitative estimate of drug-likeness (QED) is 0.557. The van der Waals surface area contributed by atoms with E-state index in [2.05, 4.69) is 44.9 Å². The van der Waals surface area contributed by atoms with Gasteiger partial charge in [-0.2, -0.15) is 0 Å². The minimum Gasteiger partial charge on any atom is -0.370 e. The highest BCUT2D eigenvalue weighted by Gasteiger charge is 2.31. The first kappa shape index (κ1) is 13.3. The number of nitrogens with one attached hydrogen (secondary N) is 1. The monoisotopic (exact) mass is 227 g/mol. The van der Waals surface area contributed by atoms with Crippen molar-refractivity contribution in [2.45, 2.75) is 64.7 Å². The van der Waals surface area contributed by atoms with Crippen LogP contribution in [0.3, 0.4) is 0 Å². The van der Waals surface area contributed by atoms with Gasteiger partial charge >= 0.3 is 0 Å². The second-order valence-electron chi connectivity index (χ2n) is 6.14. The molecule has 1 fully saturated rings. The van der Waals surface area contributed by atoms with Gasteiger partial charge in [0, 0.05) is 5.54 Å². The molecule has 0 aromatic rings. The normalized spacial score (nSPS) is 25.8. The summed E-state index contributed by atoms with van der Waals surface area (Å²) in [4.78, 5) is 4.32. The molecule has 94 valence electrons. The van der Waals surface area contributed by atoms with Crippen LogP contribution in [0, 0.1) is 0 Å². The summed E-state index contributed by atoms with van der Waals surface area (Å²) in [6, 6.07) is 0. The van der Waals surface area contributed by atoms with E-state index in [-0.39, 0.29) is 17.2 Å². The lowest BCUT2D eigenvalue weighted by Gasteiger charge is -2.22. The summed E-state index contributed by atoms with van der Waals surface area (Å²) in [6.07, 6.45) is 2.38. The first-order chi connectivity index (χ1) is 7.18. The Balaban J connectivity index is 2.37. The van der Waals surface area contributed by atoms with Gasteiger partial charge in [-0.15, -0.1) is 0 Å². The van der Waals surface area contributed by atoms with Crippen LogP contribution in [0.25, 0.3) is 0 Å². The summed E-state index contributed by atoms with van der Waals surface area (Å²) in [5.41, 5.74) is 5.76. The molecular formula is C12H25N3O. The molecule has 1 saturated heterocycles. The first-order valence-corrected chi connectivity index (χ1v) is 5.94. The molecule has 0 saturated carbocycles. The van der Waals surface area contributed by atoms with Crippen LogP contribution in [0.5, 0.6) is 0 Å². The molecule has 0 bridgehead atoms. The topological polar surface area (TPSA) is 59.6 Å². The lowest BCUT2D eigenvalue weighted by Crippen LogP contribution is -2.45. The third-order valence-electron chi connectivity index (χ3n) is 2.52. The van der Waals surface area contributed by atoms with E-state index in [1.165, 1.54) is 0 Å². The zero-order valence-corrected chi connectivity index (χ0v) is 11.1. The number of nitrogens with zero attached hydrogens (tertiary/aromatic N) is 1. The van der Waals surface area contributed by atoms with E-state index in [0.29, 0.717) is 12.5 Å². The third kappa shape index (κ3) is 4.84. The van der Waals surface area contributed by atoms with Crippen molar-refractivity contribution >= 4 is 5.96 Å². The van der Waals surface area contributed by atoms with Crippen molar-refractivity contribution in [3.63, 3.8) is 0 Å². The summed E-state index contributed by atoms with van der Waals surface area (Å²) in [5.74, 6) is 0.501. The molecule has 4 nitrogen and oxygen atoms in total. The van der Waals surface area contributed by atoms with Gasteiger partial charge in [-0.1, -0.05) is 0 Å². The summed E-state index contributed by atoms with van der Waals surface area (Å²) >= 11 is 0. The second kappa shape index (κ2) is 4.62. The fourth-order valence-corrected chi connectivity index (χ4v) is 1.83. The summed E-state index contributed by atoms with van der Waals surface area (Å²) in [7, 11) is 0. The van der Waals surface area contributed by atoms with Crippen molar-refractivity contribution < 1.29 is 4.74 Å². The van der Waals surface area contributed by atoms with Crippen LogP contribution in [-0.2, 0) is 4.74 Å². The molecule has 0 amide bonds. The number of nitrogens with two attached hydrogens (primary N) is 1. The molecule has 1 rings (SSSR count). The Labute approximate surface area is 98.6 Å². The van der Waals surface area contributed by atoms with Crippen molar-refractivity contribution in [3.05, 3.63) is 0 Å². The zero-order chi connectivity index (χ0) is 12.4. The smallest absolute Gasteiger partial charge is 0.189 e. The summed E-state index contributed by atoms with van der Waals surface area (Å²) < 4.78 is 5.84. The summed E-state index contributed by atoms with van der Waals surface area (Å²) in [6.45, 7) is 11.1. The minimum atomic E-state index is -0.0383. The Morgan fingerprint density at radius 3 is 2.56 bits per heavy atom. The Morgan fingerprint density at radius 2 is 2.12 bits per heavy atom. The second-order valence-corrected chi connectivity index (χ2v) is 6.14. The molecule has 0 radical (unpaired) electrons. The molecule has 1 aliphatic heterocycles. The van der Waals surface area contributed by atoms with Gasteiger partial charge in [0.15, 0.2) is 5.96 Å². The van der Waals surface area contributed by atoms with Gasteiger partial charge in [-0.3, -0.25) is 4.99 Å². The average molecular weight is 227 g/mol. The maximum absolute atomic E-state index is 5.84. The van der Waals surface area contributed by atoms with E-state index < -0.39 is 0 Å². The van der Waals surface area contributed by atoms with Crippen LogP contribution in [0.1, 0.15) is 47.5 Å². The molecule has 3 N–H and O–H groups in total. The van der Waals surface area contributed by atoms with Crippen LogP contribution in [-0.4, -0.2) is 29.7 Å². The molecule has 16 heavy (non-hydrogen) atoms. The Morgan fingerprint density at radius 1 is 1.50 bits per heavy atom. The lowest BCUT2D eigenvalue weighted by molar-refractivity contribution is -0.0106. The highest BCUT2D eigenvalue weighted by Crippen LogP contribution is 2.29. The molecular weight excluding hydrogens is 202 g/mol. The van der Waals surface area contributed by atoms with E-state index in [1.54, 1.807) is 0 Å². The third-order valence-corrected chi connectivity index (χ3v) is 2.52. The van der Waals surface area contributed by atoms with Gasteiger partial charge in [-0.25, -0.2) is 0 Å². The zero-order valence-electron chi connectivity index (χ0n) is 11.1. The Kier molecular flexibility index (Phi) is 3.84. The van der Waals surface area contributed by atoms with Gasteiger partial charge < -0.3 is 15.8 Å². The molecule has 0 aliphatic carbocycles. The van der Waals surface area contributed by atoms with Crippen LogP contribution in [0.2, 0.25) is 0 Å². The van der Waals surface area contributed by atoms with E-state index >= 15 is 0 Å². The molecule has 1 unspecified atom stereocenters. The molecule has 0 aromatic heterocycles. The van der Waals surface area contributed by atoms with Gasteiger partial charge in [0.25, 0.3) is 0 Å². The number of rotatable bonds is 2. The van der Waals surface area contributed by atoms with E-state index in [1.807, 2.05) is 0 Å². The Hall–Kier alpha value is -0.770. The molecule has 0 aromatic carbocycles. The number of aliphatic imine (C=N–C) groups is 1. The molecule has 4 heteroatoms. The van der Waals surface area contributed by atoms with E-state index in [9.17, 15) is 0 Å². The predicted molar refractivity (Wildman–Crippen MR) is 67.6 cm³/mol. The van der Waals surface area contributed by atoms with Gasteiger partial charge in [-0.05, 0) is 47.5 Å². The molecule has 1 heterocycles. The highest BCUT2D eigenvalue weighted by molar-refractivity contribution is 5.78. The van der Waals surface area contributed by atoms with Crippen LogP contribution in [0.4, 0.5) is 0 Å². The SMILES string of the molecule is CC(C)(C)NC(N)=NCC1CCC(C)(C)O1. The van der Waals surface area contributed by atoms with Crippen molar-refractivity contribution in [1.82, 2.24) is 5.32 Å². The van der Waals surface area contributed by atoms with Crippen LogP contribution >= 0.6 is 0 Å². The standard InChI is InChI=1S/C12H25N3O/c1-11(2,3)15-10(13)14-8-9-6-7-12(4,5)16-9/h9H,6-8H2,1-5H3,(H3,13,14,15).